The summed E-state index contributed by atoms with van der Waals surface area (Å²) in [4.78, 5) is 7.72. The smallest absolute Gasteiger partial charge is 0.199 e. The van der Waals surface area contributed by atoms with Crippen LogP contribution in [0.3, 0.4) is 0 Å². The van der Waals surface area contributed by atoms with E-state index >= 15 is 0 Å². The Morgan fingerprint density at radius 1 is 1.53 bits per heavy atom. The van der Waals surface area contributed by atoms with Crippen LogP contribution in [0.15, 0.2) is 34.2 Å². The first-order valence-corrected chi connectivity index (χ1v) is 6.70. The van der Waals surface area contributed by atoms with E-state index in [0.717, 1.165) is 24.7 Å². The average Bonchev–Trinajstić information content (AvgIpc) is 2.78. The number of benzene rings is 1. The van der Waals surface area contributed by atoms with E-state index in [-0.39, 0.29) is 0 Å². The van der Waals surface area contributed by atoms with Gasteiger partial charge in [0.25, 0.3) is 0 Å². The molecule has 0 atom stereocenters. The molecule has 17 heavy (non-hydrogen) atoms. The van der Waals surface area contributed by atoms with Gasteiger partial charge in [0.15, 0.2) is 5.96 Å². The molecule has 1 N–H and O–H groups in total. The molecule has 0 unspecified atom stereocenters. The molecule has 0 aliphatic carbocycles. The SMILES string of the molecule is C#CCN1CCN=C1Nc1ccccc1SC. The molecule has 88 valence electrons. The number of rotatable bonds is 3. The van der Waals surface area contributed by atoms with Gasteiger partial charge in [0.05, 0.1) is 18.8 Å². The summed E-state index contributed by atoms with van der Waals surface area (Å²) in [6.45, 7) is 2.31. The highest BCUT2D eigenvalue weighted by atomic mass is 32.2. The van der Waals surface area contributed by atoms with Crippen LogP contribution < -0.4 is 5.32 Å². The summed E-state index contributed by atoms with van der Waals surface area (Å²) < 4.78 is 0. The standard InChI is InChI=1S/C13H15N3S/c1-3-9-16-10-8-14-13(16)15-11-6-4-5-7-12(11)17-2/h1,4-7H,8-10H2,2H3,(H,14,15). The van der Waals surface area contributed by atoms with E-state index in [2.05, 4.69) is 39.5 Å². The molecule has 0 radical (unpaired) electrons. The van der Waals surface area contributed by atoms with Crippen LogP contribution in [0.4, 0.5) is 5.69 Å². The Kier molecular flexibility index (Phi) is 3.94. The van der Waals surface area contributed by atoms with Crippen LogP contribution in [-0.4, -0.2) is 36.7 Å². The Bertz CT molecular complexity index is 462. The van der Waals surface area contributed by atoms with E-state index in [1.807, 2.05) is 12.1 Å². The maximum Gasteiger partial charge on any atom is 0.199 e. The molecular weight excluding hydrogens is 230 g/mol. The van der Waals surface area contributed by atoms with Crippen molar-refractivity contribution in [2.45, 2.75) is 4.90 Å². The number of nitrogens with one attached hydrogen (secondary N) is 1. The highest BCUT2D eigenvalue weighted by Gasteiger charge is 2.16. The maximum atomic E-state index is 5.34. The number of hydrogen-bond donors (Lipinski definition) is 1. The van der Waals surface area contributed by atoms with Gasteiger partial charge in [-0.2, -0.15) is 0 Å². The highest BCUT2D eigenvalue weighted by Crippen LogP contribution is 2.25. The minimum absolute atomic E-state index is 0.604. The second kappa shape index (κ2) is 5.65. The molecule has 0 spiro atoms. The predicted molar refractivity (Wildman–Crippen MR) is 74.6 cm³/mol. The number of anilines is 1. The van der Waals surface area contributed by atoms with Crippen molar-refractivity contribution >= 4 is 23.4 Å². The summed E-state index contributed by atoms with van der Waals surface area (Å²) in [6, 6.07) is 8.20. The van der Waals surface area contributed by atoms with Crippen molar-refractivity contribution in [3.8, 4) is 12.3 Å². The van der Waals surface area contributed by atoms with Crippen LogP contribution in [0.1, 0.15) is 0 Å². The molecule has 0 amide bonds. The lowest BCUT2D eigenvalue weighted by Crippen LogP contribution is -2.33. The van der Waals surface area contributed by atoms with Crippen LogP contribution in [0, 0.1) is 12.3 Å². The molecule has 0 saturated carbocycles. The molecule has 0 saturated heterocycles. The number of thioether (sulfide) groups is 1. The van der Waals surface area contributed by atoms with Gasteiger partial charge in [0, 0.05) is 11.4 Å². The molecule has 3 nitrogen and oxygen atoms in total. The van der Waals surface area contributed by atoms with Gasteiger partial charge < -0.3 is 10.2 Å². The number of hydrogen-bond acceptors (Lipinski definition) is 4. The monoisotopic (exact) mass is 245 g/mol. The fourth-order valence-corrected chi connectivity index (χ4v) is 2.29. The van der Waals surface area contributed by atoms with E-state index in [4.69, 9.17) is 6.42 Å². The molecule has 4 heteroatoms. The highest BCUT2D eigenvalue weighted by molar-refractivity contribution is 7.98. The summed E-state index contributed by atoms with van der Waals surface area (Å²) >= 11 is 1.72. The van der Waals surface area contributed by atoms with Crippen LogP contribution >= 0.6 is 11.8 Å². The van der Waals surface area contributed by atoms with Crippen molar-refractivity contribution in [1.82, 2.24) is 4.90 Å². The second-order valence-electron chi connectivity index (χ2n) is 3.66. The molecule has 0 fully saturated rings. The summed E-state index contributed by atoms with van der Waals surface area (Å²) in [5, 5.41) is 3.35. The quantitative estimate of drug-likeness (QED) is 0.653. The number of terminal acetylenes is 1. The van der Waals surface area contributed by atoms with E-state index in [1.165, 1.54) is 4.90 Å². The molecule has 0 aromatic heterocycles. The lowest BCUT2D eigenvalue weighted by Gasteiger charge is -2.19. The summed E-state index contributed by atoms with van der Waals surface area (Å²) in [7, 11) is 0. The predicted octanol–water partition coefficient (Wildman–Crippen LogP) is 2.13. The first-order valence-electron chi connectivity index (χ1n) is 5.48. The van der Waals surface area contributed by atoms with Crippen molar-refractivity contribution in [3.63, 3.8) is 0 Å². The van der Waals surface area contributed by atoms with E-state index in [1.54, 1.807) is 11.8 Å². The number of aliphatic imine (C=N–C) groups is 1. The van der Waals surface area contributed by atoms with Crippen molar-refractivity contribution in [3.05, 3.63) is 24.3 Å². The van der Waals surface area contributed by atoms with Crippen molar-refractivity contribution in [2.24, 2.45) is 4.99 Å². The van der Waals surface area contributed by atoms with Gasteiger partial charge in [0.2, 0.25) is 0 Å². The summed E-state index contributed by atoms with van der Waals surface area (Å²) in [6.07, 6.45) is 7.41. The molecular formula is C13H15N3S. The number of guanidine groups is 1. The van der Waals surface area contributed by atoms with Crippen LogP contribution in [0.5, 0.6) is 0 Å². The lowest BCUT2D eigenvalue weighted by atomic mass is 10.3. The normalized spacial score (nSPS) is 14.4. The molecule has 1 heterocycles. The van der Waals surface area contributed by atoms with Crippen LogP contribution in [0.25, 0.3) is 0 Å². The Morgan fingerprint density at radius 2 is 2.35 bits per heavy atom. The fraction of sp³-hybridized carbons (Fsp3) is 0.308. The molecule has 1 aliphatic heterocycles. The first kappa shape index (κ1) is 11.9. The topological polar surface area (TPSA) is 27.6 Å². The average molecular weight is 245 g/mol. The zero-order valence-electron chi connectivity index (χ0n) is 9.81. The first-order chi connectivity index (χ1) is 8.35. The van der Waals surface area contributed by atoms with E-state index in [0.29, 0.717) is 6.54 Å². The van der Waals surface area contributed by atoms with E-state index < -0.39 is 0 Å². The van der Waals surface area contributed by atoms with E-state index in [9.17, 15) is 0 Å². The van der Waals surface area contributed by atoms with Gasteiger partial charge in [0.1, 0.15) is 0 Å². The molecule has 1 aliphatic rings. The fourth-order valence-electron chi connectivity index (χ4n) is 1.73. The second-order valence-corrected chi connectivity index (χ2v) is 4.50. The third-order valence-electron chi connectivity index (χ3n) is 2.57. The zero-order chi connectivity index (χ0) is 12.1. The number of para-hydroxylation sites is 1. The van der Waals surface area contributed by atoms with Crippen LogP contribution in [-0.2, 0) is 0 Å². The third kappa shape index (κ3) is 2.75. The van der Waals surface area contributed by atoms with Gasteiger partial charge >= 0.3 is 0 Å². The Hall–Kier alpha value is -1.60. The molecule has 0 bridgehead atoms. The minimum Gasteiger partial charge on any atom is -0.330 e. The van der Waals surface area contributed by atoms with Gasteiger partial charge in [-0.1, -0.05) is 18.1 Å². The Morgan fingerprint density at radius 3 is 3.12 bits per heavy atom. The molecule has 1 aromatic carbocycles. The molecule has 2 rings (SSSR count). The van der Waals surface area contributed by atoms with Crippen LogP contribution in [0.2, 0.25) is 0 Å². The Balaban J connectivity index is 2.13. The van der Waals surface area contributed by atoms with Crippen molar-refractivity contribution in [1.29, 1.82) is 0 Å². The number of nitrogens with zero attached hydrogens (tertiary/aromatic N) is 2. The van der Waals surface area contributed by atoms with Gasteiger partial charge in [-0.05, 0) is 18.4 Å². The maximum absolute atomic E-state index is 5.34. The Labute approximate surface area is 106 Å². The van der Waals surface area contributed by atoms with Crippen molar-refractivity contribution in [2.75, 3.05) is 31.2 Å². The largest absolute Gasteiger partial charge is 0.330 e. The minimum atomic E-state index is 0.604. The third-order valence-corrected chi connectivity index (χ3v) is 3.36. The molecule has 1 aromatic rings. The van der Waals surface area contributed by atoms with Gasteiger partial charge in [-0.15, -0.1) is 18.2 Å². The van der Waals surface area contributed by atoms with Crippen molar-refractivity contribution < 1.29 is 0 Å². The van der Waals surface area contributed by atoms with Gasteiger partial charge in [-0.25, -0.2) is 0 Å². The zero-order valence-corrected chi connectivity index (χ0v) is 10.6. The lowest BCUT2D eigenvalue weighted by molar-refractivity contribution is 0.513. The summed E-state index contributed by atoms with van der Waals surface area (Å²) in [5.74, 6) is 3.53. The summed E-state index contributed by atoms with van der Waals surface area (Å²) in [5.41, 5.74) is 1.09. The van der Waals surface area contributed by atoms with Gasteiger partial charge in [-0.3, -0.25) is 4.99 Å².